The van der Waals surface area contributed by atoms with Gasteiger partial charge in [0.2, 0.25) is 0 Å². The first-order valence-electron chi connectivity index (χ1n) is 8.76. The van der Waals surface area contributed by atoms with Crippen LogP contribution in [-0.4, -0.2) is 30.7 Å². The van der Waals surface area contributed by atoms with E-state index in [2.05, 4.69) is 10.2 Å². The van der Waals surface area contributed by atoms with Crippen LogP contribution in [0.3, 0.4) is 0 Å². The fourth-order valence-corrected chi connectivity index (χ4v) is 3.41. The fraction of sp³-hybridized carbons (Fsp3) is 0. The van der Waals surface area contributed by atoms with Gasteiger partial charge in [-0.05, 0) is 18.2 Å². The van der Waals surface area contributed by atoms with Crippen molar-refractivity contribution in [3.05, 3.63) is 84.4 Å². The zero-order chi connectivity index (χ0) is 19.1. The van der Waals surface area contributed by atoms with E-state index in [-0.39, 0.29) is 5.56 Å². The van der Waals surface area contributed by atoms with Crippen molar-refractivity contribution >= 4 is 22.6 Å². The number of aromatic nitrogens is 4. The highest BCUT2D eigenvalue weighted by molar-refractivity contribution is 5.96. The molecule has 2 heterocycles. The lowest BCUT2D eigenvalue weighted by Crippen LogP contribution is -2.02. The number of para-hydroxylation sites is 2. The Bertz CT molecular complexity index is 1340. The van der Waals surface area contributed by atoms with E-state index in [0.717, 1.165) is 16.6 Å². The molecule has 6 nitrogen and oxygen atoms in total. The first kappa shape index (κ1) is 16.1. The third-order valence-corrected chi connectivity index (χ3v) is 4.68. The molecule has 28 heavy (non-hydrogen) atoms. The Hall–Kier alpha value is -4.06. The van der Waals surface area contributed by atoms with Crippen molar-refractivity contribution in [2.45, 2.75) is 0 Å². The lowest BCUT2D eigenvalue weighted by Gasteiger charge is -2.10. The van der Waals surface area contributed by atoms with Crippen molar-refractivity contribution in [1.29, 1.82) is 0 Å². The van der Waals surface area contributed by atoms with E-state index in [0.29, 0.717) is 22.7 Å². The molecule has 0 aliphatic heterocycles. The van der Waals surface area contributed by atoms with E-state index in [1.165, 1.54) is 0 Å². The fourth-order valence-electron chi connectivity index (χ4n) is 3.41. The maximum Gasteiger partial charge on any atom is 0.336 e. The molecular formula is C22H14N4O2. The Labute approximate surface area is 159 Å². The van der Waals surface area contributed by atoms with Crippen LogP contribution in [0.2, 0.25) is 0 Å². The second-order valence-corrected chi connectivity index (χ2v) is 6.35. The summed E-state index contributed by atoms with van der Waals surface area (Å²) in [5.41, 5.74) is 4.49. The average Bonchev–Trinajstić information content (AvgIpc) is 3.19. The lowest BCUT2D eigenvalue weighted by molar-refractivity contribution is 0.0697. The van der Waals surface area contributed by atoms with E-state index in [1.54, 1.807) is 24.3 Å². The molecule has 1 N–H and O–H groups in total. The van der Waals surface area contributed by atoms with Gasteiger partial charge >= 0.3 is 5.97 Å². The molecule has 0 amide bonds. The summed E-state index contributed by atoms with van der Waals surface area (Å²) in [6.07, 6.45) is 0. The molecule has 0 unspecified atom stereocenters. The molecule has 0 aliphatic carbocycles. The van der Waals surface area contributed by atoms with Gasteiger partial charge in [0.05, 0.1) is 16.6 Å². The predicted octanol–water partition coefficient (Wildman–Crippen LogP) is 4.31. The summed E-state index contributed by atoms with van der Waals surface area (Å²) in [7, 11) is 0. The zero-order valence-corrected chi connectivity index (χ0v) is 14.6. The number of carbonyl (C=O) groups is 1. The van der Waals surface area contributed by atoms with Crippen LogP contribution in [0.4, 0.5) is 0 Å². The molecule has 0 atom stereocenters. The molecule has 134 valence electrons. The Morgan fingerprint density at radius 2 is 1.54 bits per heavy atom. The number of benzene rings is 3. The van der Waals surface area contributed by atoms with Gasteiger partial charge in [-0.3, -0.25) is 4.40 Å². The van der Waals surface area contributed by atoms with E-state index in [1.807, 2.05) is 59.0 Å². The molecule has 5 rings (SSSR count). The standard InChI is InChI=1S/C22H14N4O2/c27-22(28)16-11-5-4-10-15(16)20-24-25-21-19(14-8-2-1-3-9-14)23-17-12-6-7-13-18(17)26(20)21/h1-13H,(H,27,28). The Morgan fingerprint density at radius 1 is 0.821 bits per heavy atom. The van der Waals surface area contributed by atoms with Crippen LogP contribution in [0.15, 0.2) is 78.9 Å². The first-order chi connectivity index (χ1) is 13.7. The van der Waals surface area contributed by atoms with Gasteiger partial charge in [-0.15, -0.1) is 10.2 Å². The summed E-state index contributed by atoms with van der Waals surface area (Å²) in [6.45, 7) is 0. The molecule has 6 heteroatoms. The molecule has 0 spiro atoms. The largest absolute Gasteiger partial charge is 0.478 e. The molecule has 0 saturated carbocycles. The summed E-state index contributed by atoms with van der Waals surface area (Å²) in [4.78, 5) is 16.5. The van der Waals surface area contributed by atoms with Crippen molar-refractivity contribution in [2.24, 2.45) is 0 Å². The van der Waals surface area contributed by atoms with Gasteiger partial charge in [0.15, 0.2) is 11.5 Å². The van der Waals surface area contributed by atoms with Gasteiger partial charge < -0.3 is 5.11 Å². The third kappa shape index (κ3) is 2.43. The molecule has 0 fully saturated rings. The minimum Gasteiger partial charge on any atom is -0.478 e. The number of carboxylic acids is 1. The molecule has 3 aromatic carbocycles. The second-order valence-electron chi connectivity index (χ2n) is 6.35. The zero-order valence-electron chi connectivity index (χ0n) is 14.6. The number of fused-ring (bicyclic) bond motifs is 3. The molecule has 0 bridgehead atoms. The van der Waals surface area contributed by atoms with Crippen molar-refractivity contribution in [3.8, 4) is 22.6 Å². The van der Waals surface area contributed by atoms with Gasteiger partial charge in [0.25, 0.3) is 0 Å². The lowest BCUT2D eigenvalue weighted by atomic mass is 10.1. The van der Waals surface area contributed by atoms with Crippen LogP contribution in [0.1, 0.15) is 10.4 Å². The number of carboxylic acid groups (broad SMARTS) is 1. The Morgan fingerprint density at radius 3 is 2.36 bits per heavy atom. The molecule has 0 radical (unpaired) electrons. The smallest absolute Gasteiger partial charge is 0.336 e. The number of hydrogen-bond donors (Lipinski definition) is 1. The SMILES string of the molecule is O=C(O)c1ccccc1-c1nnc2c(-c3ccccc3)nc3ccccc3n12. The summed E-state index contributed by atoms with van der Waals surface area (Å²) in [5.74, 6) is -0.530. The van der Waals surface area contributed by atoms with Gasteiger partial charge in [-0.1, -0.05) is 60.7 Å². The monoisotopic (exact) mass is 366 g/mol. The van der Waals surface area contributed by atoms with Crippen molar-refractivity contribution in [3.63, 3.8) is 0 Å². The minimum absolute atomic E-state index is 0.180. The minimum atomic E-state index is -1.01. The molecule has 5 aromatic rings. The van der Waals surface area contributed by atoms with E-state index >= 15 is 0 Å². The molecule has 2 aromatic heterocycles. The normalized spacial score (nSPS) is 11.1. The van der Waals surface area contributed by atoms with Crippen LogP contribution in [-0.2, 0) is 0 Å². The van der Waals surface area contributed by atoms with Crippen LogP contribution in [0, 0.1) is 0 Å². The summed E-state index contributed by atoms with van der Waals surface area (Å²) in [6, 6.07) is 24.3. The second kappa shape index (κ2) is 6.28. The van der Waals surface area contributed by atoms with E-state index < -0.39 is 5.97 Å². The Kier molecular flexibility index (Phi) is 3.62. The van der Waals surface area contributed by atoms with E-state index in [9.17, 15) is 9.90 Å². The number of hydrogen-bond acceptors (Lipinski definition) is 4. The topological polar surface area (TPSA) is 80.4 Å². The number of nitrogens with zero attached hydrogens (tertiary/aromatic N) is 4. The molecule has 0 aliphatic rings. The van der Waals surface area contributed by atoms with Gasteiger partial charge in [0, 0.05) is 11.1 Å². The van der Waals surface area contributed by atoms with Gasteiger partial charge in [-0.25, -0.2) is 9.78 Å². The van der Waals surface area contributed by atoms with Gasteiger partial charge in [-0.2, -0.15) is 0 Å². The number of rotatable bonds is 3. The predicted molar refractivity (Wildman–Crippen MR) is 106 cm³/mol. The van der Waals surface area contributed by atoms with Crippen LogP contribution in [0.25, 0.3) is 39.3 Å². The average molecular weight is 366 g/mol. The van der Waals surface area contributed by atoms with Gasteiger partial charge in [0.1, 0.15) is 5.69 Å². The van der Waals surface area contributed by atoms with E-state index in [4.69, 9.17) is 4.98 Å². The summed E-state index contributed by atoms with van der Waals surface area (Å²) in [5, 5.41) is 18.3. The third-order valence-electron chi connectivity index (χ3n) is 4.68. The van der Waals surface area contributed by atoms with Crippen LogP contribution < -0.4 is 0 Å². The molecular weight excluding hydrogens is 352 g/mol. The summed E-state index contributed by atoms with van der Waals surface area (Å²) < 4.78 is 1.88. The van der Waals surface area contributed by atoms with Crippen molar-refractivity contribution in [2.75, 3.05) is 0 Å². The van der Waals surface area contributed by atoms with Crippen LogP contribution in [0.5, 0.6) is 0 Å². The first-order valence-corrected chi connectivity index (χ1v) is 8.76. The number of aromatic carboxylic acids is 1. The maximum atomic E-state index is 11.7. The highest BCUT2D eigenvalue weighted by Gasteiger charge is 2.20. The Balaban J connectivity index is 1.92. The van der Waals surface area contributed by atoms with Crippen LogP contribution >= 0.6 is 0 Å². The molecule has 0 saturated heterocycles. The highest BCUT2D eigenvalue weighted by atomic mass is 16.4. The quantitative estimate of drug-likeness (QED) is 0.515. The van der Waals surface area contributed by atoms with Crippen molar-refractivity contribution in [1.82, 2.24) is 19.6 Å². The maximum absolute atomic E-state index is 11.7. The summed E-state index contributed by atoms with van der Waals surface area (Å²) >= 11 is 0. The van der Waals surface area contributed by atoms with Crippen molar-refractivity contribution < 1.29 is 9.90 Å². The highest BCUT2D eigenvalue weighted by Crippen LogP contribution is 2.30.